The second-order valence-corrected chi connectivity index (χ2v) is 7.02. The Labute approximate surface area is 181 Å². The highest BCUT2D eigenvalue weighted by molar-refractivity contribution is 5.69. The van der Waals surface area contributed by atoms with Gasteiger partial charge in [-0.05, 0) is 0 Å². The van der Waals surface area contributed by atoms with E-state index in [0.717, 1.165) is 0 Å². The highest BCUT2D eigenvalue weighted by atomic mass is 16.4. The smallest absolute Gasteiger partial charge is 0.317 e. The summed E-state index contributed by atoms with van der Waals surface area (Å²) in [6.45, 7) is 1.51. The molecule has 0 aromatic carbocycles. The van der Waals surface area contributed by atoms with Crippen molar-refractivity contribution in [2.75, 3.05) is 98.4 Å². The highest BCUT2D eigenvalue weighted by Gasteiger charge is 2.16. The van der Waals surface area contributed by atoms with Crippen LogP contribution < -0.4 is 0 Å². The van der Waals surface area contributed by atoms with Gasteiger partial charge < -0.3 is 30.6 Å². The molecule has 6 N–H and O–H groups in total. The van der Waals surface area contributed by atoms with E-state index in [9.17, 15) is 14.4 Å². The van der Waals surface area contributed by atoms with Gasteiger partial charge in [0.2, 0.25) is 0 Å². The van der Waals surface area contributed by atoms with Crippen LogP contribution >= 0.6 is 0 Å². The predicted molar refractivity (Wildman–Crippen MR) is 110 cm³/mol. The number of hydrogen-bond acceptors (Lipinski definition) is 10. The van der Waals surface area contributed by atoms with E-state index in [0.29, 0.717) is 39.3 Å². The van der Waals surface area contributed by atoms with Crippen molar-refractivity contribution in [3.63, 3.8) is 0 Å². The number of carboxylic acid groups (broad SMARTS) is 3. The molecule has 182 valence electrons. The van der Waals surface area contributed by atoms with Crippen molar-refractivity contribution in [3.05, 3.63) is 0 Å². The zero-order chi connectivity index (χ0) is 23.6. The quantitative estimate of drug-likeness (QED) is 0.100. The molecule has 0 spiro atoms. The van der Waals surface area contributed by atoms with E-state index in [2.05, 4.69) is 0 Å². The van der Waals surface area contributed by atoms with E-state index in [1.165, 1.54) is 0 Å². The largest absolute Gasteiger partial charge is 0.480 e. The van der Waals surface area contributed by atoms with Gasteiger partial charge in [-0.1, -0.05) is 0 Å². The fourth-order valence-corrected chi connectivity index (χ4v) is 2.99. The van der Waals surface area contributed by atoms with Crippen LogP contribution in [-0.4, -0.2) is 167 Å². The van der Waals surface area contributed by atoms with Crippen LogP contribution in [0.25, 0.3) is 0 Å². The molecule has 0 saturated heterocycles. The van der Waals surface area contributed by atoms with Gasteiger partial charge in [0, 0.05) is 58.9 Å². The Kier molecular flexibility index (Phi) is 16.7. The van der Waals surface area contributed by atoms with E-state index < -0.39 is 17.9 Å². The molecule has 0 bridgehead atoms. The molecule has 13 heteroatoms. The van der Waals surface area contributed by atoms with Crippen LogP contribution in [0.4, 0.5) is 0 Å². The van der Waals surface area contributed by atoms with Crippen LogP contribution in [0.5, 0.6) is 0 Å². The van der Waals surface area contributed by atoms with E-state index in [-0.39, 0.29) is 59.1 Å². The number of carbonyl (C=O) groups is 3. The second kappa shape index (κ2) is 17.8. The molecule has 0 radical (unpaired) electrons. The molecule has 0 aliphatic heterocycles. The lowest BCUT2D eigenvalue weighted by atomic mass is 10.3. The first-order chi connectivity index (χ1) is 14.7. The number of aliphatic hydroxyl groups is 3. The van der Waals surface area contributed by atoms with Crippen LogP contribution in [0.3, 0.4) is 0 Å². The van der Waals surface area contributed by atoms with Gasteiger partial charge in [0.1, 0.15) is 0 Å². The van der Waals surface area contributed by atoms with Gasteiger partial charge in [0.05, 0.1) is 39.5 Å². The third-order valence-electron chi connectivity index (χ3n) is 4.52. The topological polar surface area (TPSA) is 186 Å². The fourth-order valence-electron chi connectivity index (χ4n) is 2.99. The number of nitrogens with zero attached hydrogens (tertiary/aromatic N) is 4. The minimum atomic E-state index is -1.02. The fraction of sp³-hybridized carbons (Fsp3) is 0.833. The monoisotopic (exact) mass is 452 g/mol. The molecule has 13 nitrogen and oxygen atoms in total. The summed E-state index contributed by atoms with van der Waals surface area (Å²) in [4.78, 5) is 39.6. The number of aliphatic hydroxyl groups excluding tert-OH is 3. The Balaban J connectivity index is 5.04. The second-order valence-electron chi connectivity index (χ2n) is 7.02. The van der Waals surface area contributed by atoms with E-state index in [1.807, 2.05) is 4.90 Å². The third kappa shape index (κ3) is 16.5. The van der Waals surface area contributed by atoms with Crippen molar-refractivity contribution in [2.24, 2.45) is 0 Å². The first-order valence-electron chi connectivity index (χ1n) is 10.1. The summed E-state index contributed by atoms with van der Waals surface area (Å²) in [6, 6.07) is 0. The molecular weight excluding hydrogens is 416 g/mol. The van der Waals surface area contributed by atoms with E-state index in [1.54, 1.807) is 14.7 Å². The summed E-state index contributed by atoms with van der Waals surface area (Å²) in [6.07, 6.45) is 0. The van der Waals surface area contributed by atoms with E-state index in [4.69, 9.17) is 30.6 Å². The van der Waals surface area contributed by atoms with Crippen LogP contribution in [0.2, 0.25) is 0 Å². The van der Waals surface area contributed by atoms with Gasteiger partial charge in [-0.2, -0.15) is 0 Å². The average Bonchev–Trinajstić information content (AvgIpc) is 2.66. The number of hydrogen-bond donors (Lipinski definition) is 6. The number of carboxylic acids is 3. The molecule has 0 unspecified atom stereocenters. The van der Waals surface area contributed by atoms with Crippen LogP contribution in [0, 0.1) is 0 Å². The summed E-state index contributed by atoms with van der Waals surface area (Å²) in [5.41, 5.74) is 0. The summed E-state index contributed by atoms with van der Waals surface area (Å²) in [5.74, 6) is -3.07. The first-order valence-corrected chi connectivity index (χ1v) is 10.1. The van der Waals surface area contributed by atoms with Crippen molar-refractivity contribution < 1.29 is 45.0 Å². The number of aliphatic carboxylic acids is 3. The Morgan fingerprint density at radius 3 is 0.839 bits per heavy atom. The first kappa shape index (κ1) is 29.1. The zero-order valence-electron chi connectivity index (χ0n) is 17.8. The van der Waals surface area contributed by atoms with Crippen molar-refractivity contribution in [1.29, 1.82) is 0 Å². The average molecular weight is 453 g/mol. The van der Waals surface area contributed by atoms with Gasteiger partial charge in [-0.15, -0.1) is 0 Å². The lowest BCUT2D eigenvalue weighted by molar-refractivity contribution is -0.139. The Morgan fingerprint density at radius 1 is 0.419 bits per heavy atom. The summed E-state index contributed by atoms with van der Waals surface area (Å²) < 4.78 is 0. The highest BCUT2D eigenvalue weighted by Crippen LogP contribution is 1.98. The molecule has 0 aliphatic rings. The van der Waals surface area contributed by atoms with Crippen molar-refractivity contribution in [2.45, 2.75) is 0 Å². The van der Waals surface area contributed by atoms with Crippen molar-refractivity contribution >= 4 is 17.9 Å². The Bertz CT molecular complexity index is 453. The molecule has 0 aromatic rings. The van der Waals surface area contributed by atoms with Gasteiger partial charge in [-0.3, -0.25) is 34.0 Å². The normalized spacial score (nSPS) is 11.7. The van der Waals surface area contributed by atoms with Crippen LogP contribution in [0.1, 0.15) is 0 Å². The summed E-state index contributed by atoms with van der Waals surface area (Å²) in [5, 5.41) is 54.4. The lowest BCUT2D eigenvalue weighted by Gasteiger charge is -2.30. The van der Waals surface area contributed by atoms with Crippen molar-refractivity contribution in [1.82, 2.24) is 19.6 Å². The molecular formula is C18H36N4O9. The molecule has 0 heterocycles. The standard InChI is InChI=1S/C18H36N4O9/c23-10-7-20(13-16(26)27)4-1-19(2-5-21(8-11-24)14-17(28)29)3-6-22(9-12-25)15-18(30)31/h23-25H,1-15H2,(H,26,27)(H,28,29)(H,30,31). The lowest BCUT2D eigenvalue weighted by Crippen LogP contribution is -2.46. The predicted octanol–water partition coefficient (Wildman–Crippen LogP) is -3.57. The maximum atomic E-state index is 11.0. The SMILES string of the molecule is O=C(O)CN(CCO)CCN(CCN(CCO)CC(=O)O)CCN(CCO)CC(=O)O. The minimum absolute atomic E-state index is 0.186. The van der Waals surface area contributed by atoms with Crippen LogP contribution in [-0.2, 0) is 14.4 Å². The maximum Gasteiger partial charge on any atom is 0.317 e. The number of rotatable bonds is 21. The van der Waals surface area contributed by atoms with Gasteiger partial charge in [0.25, 0.3) is 0 Å². The molecule has 0 amide bonds. The third-order valence-corrected chi connectivity index (χ3v) is 4.52. The molecule has 0 saturated carbocycles. The Hall–Kier alpha value is -1.87. The van der Waals surface area contributed by atoms with Gasteiger partial charge in [0.15, 0.2) is 0 Å². The van der Waals surface area contributed by atoms with Crippen LogP contribution in [0.15, 0.2) is 0 Å². The molecule has 0 aliphatic carbocycles. The van der Waals surface area contributed by atoms with Gasteiger partial charge in [-0.25, -0.2) is 0 Å². The molecule has 0 fully saturated rings. The summed E-state index contributed by atoms with van der Waals surface area (Å²) >= 11 is 0. The molecule has 0 aromatic heterocycles. The van der Waals surface area contributed by atoms with Crippen molar-refractivity contribution in [3.8, 4) is 0 Å². The van der Waals surface area contributed by atoms with E-state index >= 15 is 0 Å². The van der Waals surface area contributed by atoms with Gasteiger partial charge >= 0.3 is 17.9 Å². The molecule has 0 atom stereocenters. The summed E-state index contributed by atoms with van der Waals surface area (Å²) in [7, 11) is 0. The maximum absolute atomic E-state index is 11.0. The molecule has 31 heavy (non-hydrogen) atoms. The minimum Gasteiger partial charge on any atom is -0.480 e. The Morgan fingerprint density at radius 2 is 0.645 bits per heavy atom. The zero-order valence-corrected chi connectivity index (χ0v) is 17.8. The molecule has 0 rings (SSSR count).